The summed E-state index contributed by atoms with van der Waals surface area (Å²) >= 11 is 11.2. The third kappa shape index (κ3) is 4.74. The van der Waals surface area contributed by atoms with E-state index in [4.69, 9.17) is 23.2 Å². The number of carbonyl (C=O) groups excluding carboxylic acids is 1. The lowest BCUT2D eigenvalue weighted by Gasteiger charge is -2.10. The predicted octanol–water partition coefficient (Wildman–Crippen LogP) is 5.82. The minimum Gasteiger partial charge on any atom is -0.362 e. The lowest BCUT2D eigenvalue weighted by molar-refractivity contribution is -0.137. The van der Waals surface area contributed by atoms with Crippen LogP contribution in [0, 0.1) is 0 Å². The van der Waals surface area contributed by atoms with Gasteiger partial charge < -0.3 is 5.32 Å². The molecule has 0 aromatic heterocycles. The number of ketones is 1. The lowest BCUT2D eigenvalue weighted by atomic mass is 10.1. The summed E-state index contributed by atoms with van der Waals surface area (Å²) < 4.78 is 38.2. The van der Waals surface area contributed by atoms with Crippen LogP contribution in [0.3, 0.4) is 0 Å². The monoisotopic (exact) mass is 359 g/mol. The summed E-state index contributed by atoms with van der Waals surface area (Å²) in [5, 5.41) is 2.73. The average Bonchev–Trinajstić information content (AvgIpc) is 2.48. The molecule has 0 atom stereocenters. The standard InChI is InChI=1S/C16H10Cl2F3NO/c17-11-3-1-10(2-4-11)15(23)7-8-22-12-5-6-14(18)13(9-12)16(19,20)21/h1-9,22H. The highest BCUT2D eigenvalue weighted by Crippen LogP contribution is 2.36. The summed E-state index contributed by atoms with van der Waals surface area (Å²) in [6, 6.07) is 9.66. The third-order valence-electron chi connectivity index (χ3n) is 2.89. The minimum absolute atomic E-state index is 0.168. The SMILES string of the molecule is O=C(C=CNc1ccc(Cl)c(C(F)(F)F)c1)c1ccc(Cl)cc1. The molecule has 0 unspecified atom stereocenters. The van der Waals surface area contributed by atoms with Gasteiger partial charge in [-0.05, 0) is 42.5 Å². The second kappa shape index (κ2) is 7.06. The van der Waals surface area contributed by atoms with Gasteiger partial charge in [-0.25, -0.2) is 0 Å². The highest BCUT2D eigenvalue weighted by Gasteiger charge is 2.33. The molecule has 23 heavy (non-hydrogen) atoms. The second-order valence-electron chi connectivity index (χ2n) is 4.54. The molecular formula is C16H10Cl2F3NO. The average molecular weight is 360 g/mol. The van der Waals surface area contributed by atoms with Crippen LogP contribution in [-0.4, -0.2) is 5.78 Å². The van der Waals surface area contributed by atoms with Gasteiger partial charge in [0.1, 0.15) is 0 Å². The first-order valence-electron chi connectivity index (χ1n) is 6.37. The van der Waals surface area contributed by atoms with E-state index in [2.05, 4.69) is 5.32 Å². The van der Waals surface area contributed by atoms with Crippen LogP contribution in [0.1, 0.15) is 15.9 Å². The molecule has 0 aliphatic heterocycles. The zero-order valence-electron chi connectivity index (χ0n) is 11.5. The zero-order chi connectivity index (χ0) is 17.0. The van der Waals surface area contributed by atoms with Crippen LogP contribution in [0.5, 0.6) is 0 Å². The van der Waals surface area contributed by atoms with Crippen LogP contribution in [0.25, 0.3) is 0 Å². The molecule has 2 aromatic rings. The Bertz CT molecular complexity index is 740. The Morgan fingerprint density at radius 3 is 2.30 bits per heavy atom. The van der Waals surface area contributed by atoms with E-state index in [-0.39, 0.29) is 16.5 Å². The molecule has 7 heteroatoms. The van der Waals surface area contributed by atoms with Crippen LogP contribution >= 0.6 is 23.2 Å². The maximum absolute atomic E-state index is 12.7. The van der Waals surface area contributed by atoms with Crippen molar-refractivity contribution in [3.8, 4) is 0 Å². The van der Waals surface area contributed by atoms with E-state index in [0.717, 1.165) is 12.1 Å². The number of rotatable bonds is 4. The Labute approximate surface area is 140 Å². The van der Waals surface area contributed by atoms with Crippen molar-refractivity contribution in [1.29, 1.82) is 0 Å². The van der Waals surface area contributed by atoms with E-state index in [1.165, 1.54) is 18.3 Å². The highest BCUT2D eigenvalue weighted by molar-refractivity contribution is 6.31. The van der Waals surface area contributed by atoms with Crippen molar-refractivity contribution in [2.45, 2.75) is 6.18 Å². The van der Waals surface area contributed by atoms with Gasteiger partial charge in [0.15, 0.2) is 5.78 Å². The molecule has 0 aliphatic rings. The van der Waals surface area contributed by atoms with Crippen molar-refractivity contribution in [2.75, 3.05) is 5.32 Å². The molecule has 0 amide bonds. The Hall–Kier alpha value is -1.98. The van der Waals surface area contributed by atoms with Gasteiger partial charge in [-0.2, -0.15) is 13.2 Å². The fourth-order valence-corrected chi connectivity index (χ4v) is 2.11. The van der Waals surface area contributed by atoms with Gasteiger partial charge in [0.2, 0.25) is 0 Å². The van der Waals surface area contributed by atoms with Crippen molar-refractivity contribution in [3.05, 3.63) is 75.9 Å². The van der Waals surface area contributed by atoms with Gasteiger partial charge in [-0.3, -0.25) is 4.79 Å². The lowest BCUT2D eigenvalue weighted by Crippen LogP contribution is -2.06. The van der Waals surface area contributed by atoms with Gasteiger partial charge in [-0.15, -0.1) is 0 Å². The van der Waals surface area contributed by atoms with E-state index >= 15 is 0 Å². The predicted molar refractivity (Wildman–Crippen MR) is 85.0 cm³/mol. The van der Waals surface area contributed by atoms with Crippen molar-refractivity contribution in [3.63, 3.8) is 0 Å². The molecule has 0 aliphatic carbocycles. The van der Waals surface area contributed by atoms with Crippen LogP contribution in [0.15, 0.2) is 54.7 Å². The summed E-state index contributed by atoms with van der Waals surface area (Å²) in [4.78, 5) is 11.9. The van der Waals surface area contributed by atoms with E-state index in [0.29, 0.717) is 10.6 Å². The number of alkyl halides is 3. The number of benzene rings is 2. The van der Waals surface area contributed by atoms with Crippen LogP contribution in [0.2, 0.25) is 10.0 Å². The van der Waals surface area contributed by atoms with Gasteiger partial charge in [0.05, 0.1) is 10.6 Å². The molecule has 0 bridgehead atoms. The van der Waals surface area contributed by atoms with Crippen LogP contribution < -0.4 is 5.32 Å². The number of carbonyl (C=O) groups is 1. The highest BCUT2D eigenvalue weighted by atomic mass is 35.5. The fraction of sp³-hybridized carbons (Fsp3) is 0.0625. The number of hydrogen-bond donors (Lipinski definition) is 1. The molecule has 0 saturated heterocycles. The van der Waals surface area contributed by atoms with Crippen molar-refractivity contribution in [2.24, 2.45) is 0 Å². The first kappa shape index (κ1) is 17.4. The van der Waals surface area contributed by atoms with Gasteiger partial charge in [0, 0.05) is 28.5 Å². The van der Waals surface area contributed by atoms with Crippen molar-refractivity contribution in [1.82, 2.24) is 0 Å². The molecule has 2 rings (SSSR count). The largest absolute Gasteiger partial charge is 0.417 e. The smallest absolute Gasteiger partial charge is 0.362 e. The third-order valence-corrected chi connectivity index (χ3v) is 3.47. The number of allylic oxidation sites excluding steroid dienone is 1. The van der Waals surface area contributed by atoms with Gasteiger partial charge in [-0.1, -0.05) is 23.2 Å². The Morgan fingerprint density at radius 1 is 1.04 bits per heavy atom. The van der Waals surface area contributed by atoms with Gasteiger partial charge in [0.25, 0.3) is 0 Å². The van der Waals surface area contributed by atoms with E-state index in [1.54, 1.807) is 24.3 Å². The van der Waals surface area contributed by atoms with Crippen molar-refractivity contribution < 1.29 is 18.0 Å². The quantitative estimate of drug-likeness (QED) is 0.550. The van der Waals surface area contributed by atoms with Crippen molar-refractivity contribution >= 4 is 34.7 Å². The first-order valence-corrected chi connectivity index (χ1v) is 7.13. The molecular weight excluding hydrogens is 350 g/mol. The topological polar surface area (TPSA) is 29.1 Å². The first-order chi connectivity index (χ1) is 10.8. The molecule has 0 heterocycles. The Kier molecular flexibility index (Phi) is 5.34. The Morgan fingerprint density at radius 2 is 1.70 bits per heavy atom. The number of anilines is 1. The summed E-state index contributed by atoms with van der Waals surface area (Å²) in [7, 11) is 0. The summed E-state index contributed by atoms with van der Waals surface area (Å²) in [6.07, 6.45) is -2.07. The van der Waals surface area contributed by atoms with E-state index in [9.17, 15) is 18.0 Å². The molecule has 0 spiro atoms. The second-order valence-corrected chi connectivity index (χ2v) is 5.38. The maximum Gasteiger partial charge on any atom is 0.417 e. The summed E-state index contributed by atoms with van der Waals surface area (Å²) in [5.41, 5.74) is -0.358. The van der Waals surface area contributed by atoms with Gasteiger partial charge >= 0.3 is 6.18 Å². The summed E-state index contributed by atoms with van der Waals surface area (Å²) in [5.74, 6) is -0.306. The fourth-order valence-electron chi connectivity index (χ4n) is 1.76. The minimum atomic E-state index is -4.54. The molecule has 2 aromatic carbocycles. The molecule has 0 radical (unpaired) electrons. The summed E-state index contributed by atoms with van der Waals surface area (Å²) in [6.45, 7) is 0. The normalized spacial score (nSPS) is 11.7. The molecule has 0 fully saturated rings. The number of hydrogen-bond acceptors (Lipinski definition) is 2. The van der Waals surface area contributed by atoms with Crippen LogP contribution in [-0.2, 0) is 6.18 Å². The molecule has 2 nitrogen and oxygen atoms in total. The van der Waals surface area contributed by atoms with E-state index in [1.807, 2.05) is 0 Å². The number of nitrogens with one attached hydrogen (secondary N) is 1. The Balaban J connectivity index is 2.08. The maximum atomic E-state index is 12.7. The van der Waals surface area contributed by atoms with E-state index < -0.39 is 11.7 Å². The molecule has 0 saturated carbocycles. The molecule has 120 valence electrons. The zero-order valence-corrected chi connectivity index (χ0v) is 13.0. The number of halogens is 5. The van der Waals surface area contributed by atoms with Crippen LogP contribution in [0.4, 0.5) is 18.9 Å². The molecule has 1 N–H and O–H groups in total.